The number of amides is 2. The Labute approximate surface area is 162 Å². The second-order valence-electron chi connectivity index (χ2n) is 5.48. The van der Waals surface area contributed by atoms with Gasteiger partial charge in [0.2, 0.25) is 11.8 Å². The van der Waals surface area contributed by atoms with E-state index in [0.717, 1.165) is 5.56 Å². The predicted octanol–water partition coefficient (Wildman–Crippen LogP) is 4.11. The number of likely N-dealkylation sites (N-methyl/N-ethyl adjacent to an activating group) is 1. The third-order valence-corrected chi connectivity index (χ3v) is 4.21. The molecule has 0 saturated carbocycles. The van der Waals surface area contributed by atoms with E-state index >= 15 is 0 Å². The van der Waals surface area contributed by atoms with E-state index in [9.17, 15) is 9.59 Å². The van der Waals surface area contributed by atoms with Gasteiger partial charge in [0, 0.05) is 18.8 Å². The molecule has 2 rings (SSSR count). The van der Waals surface area contributed by atoms with Gasteiger partial charge in [-0.25, -0.2) is 0 Å². The minimum atomic E-state index is -0.339. The molecule has 0 heterocycles. The molecule has 7 heteroatoms. The zero-order valence-corrected chi connectivity index (χ0v) is 15.8. The summed E-state index contributed by atoms with van der Waals surface area (Å²) in [5.41, 5.74) is 1.34. The highest BCUT2D eigenvalue weighted by Crippen LogP contribution is 2.24. The third kappa shape index (κ3) is 5.79. The molecule has 0 radical (unpaired) electrons. The maximum Gasteiger partial charge on any atom is 0.246 e. The number of ether oxygens (including phenoxy) is 1. The van der Waals surface area contributed by atoms with Gasteiger partial charge in [0.05, 0.1) is 23.7 Å². The van der Waals surface area contributed by atoms with Crippen molar-refractivity contribution in [3.8, 4) is 5.75 Å². The molecule has 0 atom stereocenters. The monoisotopic (exact) mass is 392 g/mol. The second-order valence-corrected chi connectivity index (χ2v) is 6.30. The first kappa shape index (κ1) is 19.8. The van der Waals surface area contributed by atoms with Gasteiger partial charge < -0.3 is 15.0 Å². The van der Waals surface area contributed by atoms with Crippen LogP contribution in [0.5, 0.6) is 5.75 Å². The van der Waals surface area contributed by atoms with Crippen LogP contribution in [0.1, 0.15) is 5.56 Å². The van der Waals surface area contributed by atoms with Crippen LogP contribution in [0.15, 0.2) is 48.5 Å². The lowest BCUT2D eigenvalue weighted by molar-refractivity contribution is -0.129. The van der Waals surface area contributed by atoms with Crippen LogP contribution in [0.3, 0.4) is 0 Å². The van der Waals surface area contributed by atoms with Crippen LogP contribution in [-0.4, -0.2) is 37.4 Å². The maximum absolute atomic E-state index is 12.1. The van der Waals surface area contributed by atoms with Crippen LogP contribution in [0, 0.1) is 0 Å². The van der Waals surface area contributed by atoms with Gasteiger partial charge >= 0.3 is 0 Å². The molecule has 0 bridgehead atoms. The fourth-order valence-electron chi connectivity index (χ4n) is 2.11. The van der Waals surface area contributed by atoms with Crippen molar-refractivity contribution in [1.29, 1.82) is 0 Å². The molecule has 0 spiro atoms. The normalized spacial score (nSPS) is 10.6. The lowest BCUT2D eigenvalue weighted by atomic mass is 10.2. The number of anilines is 1. The highest BCUT2D eigenvalue weighted by molar-refractivity contribution is 6.42. The predicted molar refractivity (Wildman–Crippen MR) is 105 cm³/mol. The number of hydrogen-bond acceptors (Lipinski definition) is 3. The molecular formula is C19H18Cl2N2O3. The second kappa shape index (κ2) is 9.27. The summed E-state index contributed by atoms with van der Waals surface area (Å²) in [6, 6.07) is 12.1. The van der Waals surface area contributed by atoms with Crippen LogP contribution in [-0.2, 0) is 9.59 Å². The van der Waals surface area contributed by atoms with Crippen molar-refractivity contribution in [1.82, 2.24) is 4.90 Å². The number of carbonyl (C=O) groups is 2. The average Bonchev–Trinajstić information content (AvgIpc) is 2.62. The van der Waals surface area contributed by atoms with Crippen molar-refractivity contribution in [3.05, 3.63) is 64.1 Å². The van der Waals surface area contributed by atoms with Crippen molar-refractivity contribution in [2.75, 3.05) is 26.0 Å². The van der Waals surface area contributed by atoms with Crippen LogP contribution in [0.2, 0.25) is 10.0 Å². The van der Waals surface area contributed by atoms with E-state index < -0.39 is 0 Å². The summed E-state index contributed by atoms with van der Waals surface area (Å²) < 4.78 is 5.13. The number of nitrogens with one attached hydrogen (secondary N) is 1. The number of methoxy groups -OCH3 is 1. The van der Waals surface area contributed by atoms with E-state index in [4.69, 9.17) is 27.9 Å². The molecule has 0 aliphatic heterocycles. The van der Waals surface area contributed by atoms with E-state index in [0.29, 0.717) is 21.5 Å². The molecule has 5 nitrogen and oxygen atoms in total. The Morgan fingerprint density at radius 1 is 1.15 bits per heavy atom. The molecule has 26 heavy (non-hydrogen) atoms. The van der Waals surface area contributed by atoms with Crippen LogP contribution in [0.4, 0.5) is 5.69 Å². The van der Waals surface area contributed by atoms with Crippen molar-refractivity contribution in [3.63, 3.8) is 0 Å². The van der Waals surface area contributed by atoms with Gasteiger partial charge in [0.15, 0.2) is 0 Å². The quantitative estimate of drug-likeness (QED) is 0.752. The number of benzene rings is 2. The number of hydrogen-bond donors (Lipinski definition) is 1. The van der Waals surface area contributed by atoms with Gasteiger partial charge in [0.25, 0.3) is 0 Å². The van der Waals surface area contributed by atoms with Crippen LogP contribution in [0.25, 0.3) is 6.08 Å². The summed E-state index contributed by atoms with van der Waals surface area (Å²) in [5, 5.41) is 3.41. The Morgan fingerprint density at radius 2 is 1.92 bits per heavy atom. The first-order chi connectivity index (χ1) is 12.4. The first-order valence-electron chi connectivity index (χ1n) is 7.71. The summed E-state index contributed by atoms with van der Waals surface area (Å²) in [6.07, 6.45) is 3.07. The number of rotatable bonds is 6. The molecule has 2 aromatic rings. The van der Waals surface area contributed by atoms with Crippen molar-refractivity contribution in [2.24, 2.45) is 0 Å². The maximum atomic E-state index is 12.1. The van der Waals surface area contributed by atoms with E-state index in [-0.39, 0.29) is 18.4 Å². The molecule has 1 N–H and O–H groups in total. The smallest absolute Gasteiger partial charge is 0.246 e. The third-order valence-electron chi connectivity index (χ3n) is 3.47. The molecule has 0 aromatic heterocycles. The fraction of sp³-hybridized carbons (Fsp3) is 0.158. The van der Waals surface area contributed by atoms with Crippen molar-refractivity contribution < 1.29 is 14.3 Å². The number of halogens is 2. The molecule has 2 amide bonds. The highest BCUT2D eigenvalue weighted by Gasteiger charge is 2.11. The topological polar surface area (TPSA) is 58.6 Å². The Balaban J connectivity index is 1.91. The standard InChI is InChI=1S/C19H18Cl2N2O3/c1-23(12-18(24)22-14-7-8-16(20)17(21)11-14)19(25)9-6-13-4-3-5-15(10-13)26-2/h3-11H,12H2,1-2H3,(H,22,24)/b9-6+. The Bertz CT molecular complexity index is 837. The van der Waals surface area contributed by atoms with Gasteiger partial charge in [0.1, 0.15) is 5.75 Å². The van der Waals surface area contributed by atoms with Gasteiger partial charge in [-0.2, -0.15) is 0 Å². The Kier molecular flexibility index (Phi) is 7.06. The highest BCUT2D eigenvalue weighted by atomic mass is 35.5. The number of carbonyl (C=O) groups excluding carboxylic acids is 2. The molecule has 2 aromatic carbocycles. The first-order valence-corrected chi connectivity index (χ1v) is 8.47. The van der Waals surface area contributed by atoms with E-state index in [1.165, 1.54) is 11.0 Å². The summed E-state index contributed by atoms with van der Waals surface area (Å²) in [6.45, 7) is -0.0957. The lowest BCUT2D eigenvalue weighted by Crippen LogP contribution is -2.33. The van der Waals surface area contributed by atoms with Gasteiger partial charge in [-0.05, 0) is 42.0 Å². The molecule has 0 unspecified atom stereocenters. The molecule has 0 aliphatic carbocycles. The summed E-state index contributed by atoms with van der Waals surface area (Å²) in [4.78, 5) is 25.5. The van der Waals surface area contributed by atoms with Crippen molar-refractivity contribution >= 4 is 46.8 Å². The molecular weight excluding hydrogens is 375 g/mol. The summed E-state index contributed by atoms with van der Waals surface area (Å²) in [7, 11) is 3.13. The summed E-state index contributed by atoms with van der Waals surface area (Å²) in [5.74, 6) is 0.0695. The summed E-state index contributed by atoms with van der Waals surface area (Å²) >= 11 is 11.7. The largest absolute Gasteiger partial charge is 0.497 e. The molecule has 136 valence electrons. The number of nitrogens with zero attached hydrogens (tertiary/aromatic N) is 1. The van der Waals surface area contributed by atoms with Gasteiger partial charge in [-0.3, -0.25) is 9.59 Å². The van der Waals surface area contributed by atoms with E-state index in [1.807, 2.05) is 18.2 Å². The minimum Gasteiger partial charge on any atom is -0.497 e. The molecule has 0 saturated heterocycles. The van der Waals surface area contributed by atoms with E-state index in [1.54, 1.807) is 44.5 Å². The minimum absolute atomic E-state index is 0.0957. The van der Waals surface area contributed by atoms with Crippen molar-refractivity contribution in [2.45, 2.75) is 0 Å². The Morgan fingerprint density at radius 3 is 2.62 bits per heavy atom. The zero-order valence-electron chi connectivity index (χ0n) is 14.3. The van der Waals surface area contributed by atoms with Gasteiger partial charge in [-0.1, -0.05) is 35.3 Å². The molecule has 0 aliphatic rings. The fourth-order valence-corrected chi connectivity index (χ4v) is 2.41. The average molecular weight is 393 g/mol. The lowest BCUT2D eigenvalue weighted by Gasteiger charge is -2.15. The van der Waals surface area contributed by atoms with Crippen LogP contribution >= 0.6 is 23.2 Å². The van der Waals surface area contributed by atoms with E-state index in [2.05, 4.69) is 5.32 Å². The molecule has 0 fully saturated rings. The van der Waals surface area contributed by atoms with Gasteiger partial charge in [-0.15, -0.1) is 0 Å². The van der Waals surface area contributed by atoms with Crippen LogP contribution < -0.4 is 10.1 Å². The zero-order chi connectivity index (χ0) is 19.1. The Hall–Kier alpha value is -2.50. The SMILES string of the molecule is COc1cccc(/C=C/C(=O)N(C)CC(=O)Nc2ccc(Cl)c(Cl)c2)c1.